The van der Waals surface area contributed by atoms with Gasteiger partial charge in [-0.1, -0.05) is 41.6 Å². The van der Waals surface area contributed by atoms with Crippen molar-refractivity contribution < 1.29 is 9.53 Å². The zero-order valence-corrected chi connectivity index (χ0v) is 20.2. The number of ether oxygens (including phenoxy) is 1. The Morgan fingerprint density at radius 2 is 1.85 bits per heavy atom. The third kappa shape index (κ3) is 5.69. The molecular formula is C24H26ClN5O2S. The van der Waals surface area contributed by atoms with Crippen LogP contribution in [0.15, 0.2) is 59.9 Å². The van der Waals surface area contributed by atoms with Crippen LogP contribution >= 0.6 is 23.4 Å². The van der Waals surface area contributed by atoms with E-state index in [1.165, 1.54) is 11.8 Å². The van der Waals surface area contributed by atoms with Gasteiger partial charge in [-0.3, -0.25) is 4.79 Å². The van der Waals surface area contributed by atoms with Crippen molar-refractivity contribution in [2.75, 3.05) is 54.2 Å². The third-order valence-corrected chi connectivity index (χ3v) is 6.89. The van der Waals surface area contributed by atoms with Crippen molar-refractivity contribution in [1.82, 2.24) is 9.97 Å². The zero-order chi connectivity index (χ0) is 23.2. The summed E-state index contributed by atoms with van der Waals surface area (Å²) >= 11 is 7.52. The van der Waals surface area contributed by atoms with E-state index in [1.807, 2.05) is 43.3 Å². The van der Waals surface area contributed by atoms with Gasteiger partial charge in [0.15, 0.2) is 0 Å². The molecule has 3 aromatic rings. The molecule has 1 fully saturated rings. The molecule has 0 radical (unpaired) electrons. The number of nitrogens with one attached hydrogen (secondary N) is 1. The Hall–Kier alpha value is -2.97. The van der Waals surface area contributed by atoms with Crippen LogP contribution in [0.3, 0.4) is 0 Å². The van der Waals surface area contributed by atoms with Gasteiger partial charge >= 0.3 is 0 Å². The second kappa shape index (κ2) is 10.8. The summed E-state index contributed by atoms with van der Waals surface area (Å²) in [5, 5.41) is 4.32. The molecule has 1 N–H and O–H groups in total. The van der Waals surface area contributed by atoms with Gasteiger partial charge < -0.3 is 19.9 Å². The molecule has 1 aliphatic heterocycles. The summed E-state index contributed by atoms with van der Waals surface area (Å²) in [7, 11) is 1.70. The van der Waals surface area contributed by atoms with E-state index < -0.39 is 0 Å². The smallest absolute Gasteiger partial charge is 0.234 e. The molecule has 0 unspecified atom stereocenters. The summed E-state index contributed by atoms with van der Waals surface area (Å²) in [4.78, 5) is 25.8. The van der Waals surface area contributed by atoms with Crippen LogP contribution in [0.5, 0.6) is 5.75 Å². The molecule has 1 amide bonds. The van der Waals surface area contributed by atoms with Gasteiger partial charge in [0.2, 0.25) is 5.91 Å². The lowest BCUT2D eigenvalue weighted by Gasteiger charge is -2.37. The van der Waals surface area contributed by atoms with Crippen molar-refractivity contribution in [1.29, 1.82) is 0 Å². The summed E-state index contributed by atoms with van der Waals surface area (Å²) in [6, 6.07) is 15.5. The molecule has 0 bridgehead atoms. The Kier molecular flexibility index (Phi) is 7.57. The molecule has 0 atom stereocenters. The number of nitrogens with zero attached hydrogens (tertiary/aromatic N) is 4. The molecule has 33 heavy (non-hydrogen) atoms. The van der Waals surface area contributed by atoms with Crippen LogP contribution in [-0.2, 0) is 4.79 Å². The lowest BCUT2D eigenvalue weighted by Crippen LogP contribution is -2.47. The van der Waals surface area contributed by atoms with Crippen LogP contribution in [0.25, 0.3) is 0 Å². The first-order valence-electron chi connectivity index (χ1n) is 10.7. The average molecular weight is 484 g/mol. The summed E-state index contributed by atoms with van der Waals surface area (Å²) in [6.45, 7) is 5.30. The number of rotatable bonds is 7. The fourth-order valence-electron chi connectivity index (χ4n) is 3.72. The average Bonchev–Trinajstić information content (AvgIpc) is 2.86. The molecule has 1 saturated heterocycles. The first-order valence-corrected chi connectivity index (χ1v) is 12.0. The van der Waals surface area contributed by atoms with Crippen LogP contribution in [0.4, 0.5) is 17.2 Å². The maximum absolute atomic E-state index is 12.4. The van der Waals surface area contributed by atoms with E-state index in [9.17, 15) is 4.79 Å². The number of anilines is 3. The van der Waals surface area contributed by atoms with Crippen molar-refractivity contribution in [3.05, 3.63) is 65.4 Å². The second-order valence-electron chi connectivity index (χ2n) is 7.61. The van der Waals surface area contributed by atoms with E-state index in [-0.39, 0.29) is 11.7 Å². The van der Waals surface area contributed by atoms with Crippen LogP contribution < -0.4 is 19.9 Å². The summed E-state index contributed by atoms with van der Waals surface area (Å²) in [5.41, 5.74) is 2.69. The van der Waals surface area contributed by atoms with E-state index >= 15 is 0 Å². The minimum atomic E-state index is -0.101. The molecule has 2 aromatic carbocycles. The number of amides is 1. The lowest BCUT2D eigenvalue weighted by molar-refractivity contribution is -0.113. The molecule has 0 saturated carbocycles. The number of para-hydroxylation sites is 2. The summed E-state index contributed by atoms with van der Waals surface area (Å²) in [6.07, 6.45) is 1.56. The first kappa shape index (κ1) is 23.2. The number of aromatic nitrogens is 2. The van der Waals surface area contributed by atoms with Crippen molar-refractivity contribution in [3.8, 4) is 5.75 Å². The molecule has 1 aliphatic rings. The molecule has 172 valence electrons. The molecule has 0 aliphatic carbocycles. The minimum absolute atomic E-state index is 0.101. The van der Waals surface area contributed by atoms with Crippen molar-refractivity contribution in [2.24, 2.45) is 0 Å². The standard InChI is InChI=1S/C24H26ClN5O2S/c1-17-18(25)6-5-7-19(17)28-23(31)15-33-24-14-22(26-16-27-24)30-12-10-29(11-13-30)20-8-3-4-9-21(20)32-2/h3-9,14,16H,10-13,15H2,1-2H3,(H,28,31). The van der Waals surface area contributed by atoms with Gasteiger partial charge in [0.1, 0.15) is 22.9 Å². The van der Waals surface area contributed by atoms with Crippen molar-refractivity contribution in [3.63, 3.8) is 0 Å². The Labute approximate surface area is 203 Å². The van der Waals surface area contributed by atoms with Crippen molar-refractivity contribution in [2.45, 2.75) is 11.9 Å². The van der Waals surface area contributed by atoms with E-state index in [0.29, 0.717) is 5.02 Å². The molecule has 1 aromatic heterocycles. The number of methoxy groups -OCH3 is 1. The SMILES string of the molecule is COc1ccccc1N1CCN(c2cc(SCC(=O)Nc3cccc(Cl)c3C)ncn2)CC1. The number of benzene rings is 2. The monoisotopic (exact) mass is 483 g/mol. The van der Waals surface area contributed by atoms with Gasteiger partial charge in [-0.25, -0.2) is 9.97 Å². The second-order valence-corrected chi connectivity index (χ2v) is 9.01. The summed E-state index contributed by atoms with van der Waals surface area (Å²) in [5.74, 6) is 1.91. The van der Waals surface area contributed by atoms with Crippen molar-refractivity contribution >= 4 is 46.5 Å². The van der Waals surface area contributed by atoms with Gasteiger partial charge in [-0.05, 0) is 36.8 Å². The molecule has 7 nitrogen and oxygen atoms in total. The quantitative estimate of drug-likeness (QED) is 0.391. The van der Waals surface area contributed by atoms with E-state index in [2.05, 4.69) is 31.2 Å². The van der Waals surface area contributed by atoms with Crippen LogP contribution in [0.1, 0.15) is 5.56 Å². The largest absolute Gasteiger partial charge is 0.495 e. The van der Waals surface area contributed by atoms with E-state index in [0.717, 1.165) is 59.7 Å². The highest BCUT2D eigenvalue weighted by Gasteiger charge is 2.21. The number of thioether (sulfide) groups is 1. The fourth-order valence-corrected chi connectivity index (χ4v) is 4.55. The molecule has 9 heteroatoms. The Balaban J connectivity index is 1.33. The fraction of sp³-hybridized carbons (Fsp3) is 0.292. The minimum Gasteiger partial charge on any atom is -0.495 e. The van der Waals surface area contributed by atoms with Gasteiger partial charge in [-0.15, -0.1) is 0 Å². The number of hydrogen-bond acceptors (Lipinski definition) is 7. The number of carbonyl (C=O) groups excluding carboxylic acids is 1. The van der Waals surface area contributed by atoms with E-state index in [1.54, 1.807) is 19.5 Å². The van der Waals surface area contributed by atoms with Gasteiger partial charge in [-0.2, -0.15) is 0 Å². The predicted octanol–water partition coefficient (Wildman–Crippen LogP) is 4.50. The third-order valence-electron chi connectivity index (χ3n) is 5.55. The molecular weight excluding hydrogens is 458 g/mol. The maximum Gasteiger partial charge on any atom is 0.234 e. The Morgan fingerprint density at radius 1 is 1.09 bits per heavy atom. The Morgan fingerprint density at radius 3 is 2.64 bits per heavy atom. The number of carbonyl (C=O) groups is 1. The van der Waals surface area contributed by atoms with Gasteiger partial charge in [0.05, 0.1) is 18.6 Å². The van der Waals surface area contributed by atoms with Crippen LogP contribution in [0.2, 0.25) is 5.02 Å². The predicted molar refractivity (Wildman–Crippen MR) is 135 cm³/mol. The normalized spacial score (nSPS) is 13.7. The maximum atomic E-state index is 12.4. The van der Waals surface area contributed by atoms with Gasteiger partial charge in [0.25, 0.3) is 0 Å². The number of piperazine rings is 1. The van der Waals surface area contributed by atoms with E-state index in [4.69, 9.17) is 16.3 Å². The zero-order valence-electron chi connectivity index (χ0n) is 18.6. The van der Waals surface area contributed by atoms with Gasteiger partial charge in [0, 0.05) is 43.0 Å². The molecule has 2 heterocycles. The highest BCUT2D eigenvalue weighted by atomic mass is 35.5. The highest BCUT2D eigenvalue weighted by Crippen LogP contribution is 2.29. The summed E-state index contributed by atoms with van der Waals surface area (Å²) < 4.78 is 5.50. The number of hydrogen-bond donors (Lipinski definition) is 1. The Bertz CT molecular complexity index is 1120. The first-order chi connectivity index (χ1) is 16.0. The lowest BCUT2D eigenvalue weighted by atomic mass is 10.2. The highest BCUT2D eigenvalue weighted by molar-refractivity contribution is 7.99. The van der Waals surface area contributed by atoms with Crippen LogP contribution in [0, 0.1) is 6.92 Å². The molecule has 4 rings (SSSR count). The molecule has 0 spiro atoms. The number of halogens is 1. The topological polar surface area (TPSA) is 70.6 Å². The van der Waals surface area contributed by atoms with Crippen LogP contribution in [-0.4, -0.2) is 54.9 Å².